The number of rotatable bonds is 10. The molecule has 29 heavy (non-hydrogen) atoms. The molecule has 0 amide bonds. The lowest BCUT2D eigenvalue weighted by atomic mass is 10.2. The lowest BCUT2D eigenvalue weighted by Crippen LogP contribution is -2.41. The number of nitrogens with zero attached hydrogens (tertiary/aromatic N) is 2. The van der Waals surface area contributed by atoms with Crippen molar-refractivity contribution in [2.24, 2.45) is 4.99 Å². The molecule has 1 unspecified atom stereocenters. The van der Waals surface area contributed by atoms with Crippen molar-refractivity contribution in [2.75, 3.05) is 40.8 Å². The third-order valence-corrected chi connectivity index (χ3v) is 4.16. The largest absolute Gasteiger partial charge is 0.492 e. The first-order chi connectivity index (χ1) is 14.0. The van der Waals surface area contributed by atoms with Crippen molar-refractivity contribution in [3.63, 3.8) is 0 Å². The lowest BCUT2D eigenvalue weighted by Gasteiger charge is -2.19. The monoisotopic (exact) mass is 402 g/mol. The highest BCUT2D eigenvalue weighted by molar-refractivity contribution is 5.79. The maximum absolute atomic E-state index is 13.7. The molecular formula is C22H31FN4O2. The molecule has 0 saturated heterocycles. The van der Waals surface area contributed by atoms with Crippen LogP contribution in [0.25, 0.3) is 0 Å². The van der Waals surface area contributed by atoms with Gasteiger partial charge in [0.25, 0.3) is 0 Å². The SMILES string of the molecule is CN=C(NCc1ccccc1OCCN(C)C)NCC(C)Oc1ccccc1F. The summed E-state index contributed by atoms with van der Waals surface area (Å²) in [6, 6.07) is 14.3. The Kier molecular flexibility index (Phi) is 9.24. The van der Waals surface area contributed by atoms with Crippen LogP contribution in [0.1, 0.15) is 12.5 Å². The molecule has 1 atom stereocenters. The first-order valence-corrected chi connectivity index (χ1v) is 9.70. The third-order valence-electron chi connectivity index (χ3n) is 4.16. The second-order valence-corrected chi connectivity index (χ2v) is 6.93. The fourth-order valence-corrected chi connectivity index (χ4v) is 2.57. The minimum Gasteiger partial charge on any atom is -0.492 e. The van der Waals surface area contributed by atoms with E-state index in [1.54, 1.807) is 25.2 Å². The number of nitrogens with one attached hydrogen (secondary N) is 2. The second kappa shape index (κ2) is 11.9. The zero-order chi connectivity index (χ0) is 21.1. The number of likely N-dealkylation sites (N-methyl/N-ethyl adjacent to an activating group) is 1. The molecule has 0 heterocycles. The zero-order valence-electron chi connectivity index (χ0n) is 17.6. The van der Waals surface area contributed by atoms with E-state index >= 15 is 0 Å². The number of halogens is 1. The zero-order valence-corrected chi connectivity index (χ0v) is 17.6. The summed E-state index contributed by atoms with van der Waals surface area (Å²) in [4.78, 5) is 6.31. The lowest BCUT2D eigenvalue weighted by molar-refractivity contribution is 0.214. The van der Waals surface area contributed by atoms with Gasteiger partial charge in [-0.3, -0.25) is 4.99 Å². The van der Waals surface area contributed by atoms with Crippen LogP contribution in [0, 0.1) is 5.82 Å². The highest BCUT2D eigenvalue weighted by atomic mass is 19.1. The van der Waals surface area contributed by atoms with E-state index in [9.17, 15) is 4.39 Å². The number of hydrogen-bond acceptors (Lipinski definition) is 4. The van der Waals surface area contributed by atoms with E-state index < -0.39 is 0 Å². The highest BCUT2D eigenvalue weighted by Crippen LogP contribution is 2.18. The van der Waals surface area contributed by atoms with E-state index in [4.69, 9.17) is 9.47 Å². The Balaban J connectivity index is 1.82. The van der Waals surface area contributed by atoms with Crippen LogP contribution in [0.15, 0.2) is 53.5 Å². The molecule has 7 heteroatoms. The van der Waals surface area contributed by atoms with Crippen LogP contribution in [-0.2, 0) is 6.54 Å². The molecule has 0 aliphatic rings. The molecule has 0 aromatic heterocycles. The Morgan fingerprint density at radius 2 is 1.76 bits per heavy atom. The van der Waals surface area contributed by atoms with E-state index in [2.05, 4.69) is 20.5 Å². The van der Waals surface area contributed by atoms with Crippen molar-refractivity contribution >= 4 is 5.96 Å². The number of para-hydroxylation sites is 2. The summed E-state index contributed by atoms with van der Waals surface area (Å²) in [5, 5.41) is 6.48. The maximum atomic E-state index is 13.7. The van der Waals surface area contributed by atoms with Crippen molar-refractivity contribution < 1.29 is 13.9 Å². The predicted molar refractivity (Wildman–Crippen MR) is 115 cm³/mol. The standard InChI is InChI=1S/C22H31FN4O2/c1-17(29-21-12-8-6-10-19(21)23)15-25-22(24-2)26-16-18-9-5-7-11-20(18)28-14-13-27(3)4/h5-12,17H,13-16H2,1-4H3,(H2,24,25,26). The summed E-state index contributed by atoms with van der Waals surface area (Å²) in [6.45, 7) is 4.41. The van der Waals surface area contributed by atoms with E-state index in [0.717, 1.165) is 17.9 Å². The molecule has 0 fully saturated rings. The summed E-state index contributed by atoms with van der Waals surface area (Å²) in [7, 11) is 5.74. The van der Waals surface area contributed by atoms with Crippen LogP contribution in [0.5, 0.6) is 11.5 Å². The molecule has 158 valence electrons. The van der Waals surface area contributed by atoms with Gasteiger partial charge >= 0.3 is 0 Å². The van der Waals surface area contributed by atoms with Crippen LogP contribution in [0.3, 0.4) is 0 Å². The van der Waals surface area contributed by atoms with Crippen molar-refractivity contribution in [1.82, 2.24) is 15.5 Å². The van der Waals surface area contributed by atoms with E-state index in [-0.39, 0.29) is 17.7 Å². The molecule has 2 aromatic carbocycles. The Morgan fingerprint density at radius 1 is 1.07 bits per heavy atom. The normalized spacial score (nSPS) is 12.6. The van der Waals surface area contributed by atoms with Crippen LogP contribution in [0.4, 0.5) is 4.39 Å². The Labute approximate surface area is 172 Å². The van der Waals surface area contributed by atoms with Crippen LogP contribution in [0.2, 0.25) is 0 Å². The molecule has 0 spiro atoms. The number of ether oxygens (including phenoxy) is 2. The predicted octanol–water partition coefficient (Wildman–Crippen LogP) is 2.90. The van der Waals surface area contributed by atoms with E-state index in [1.165, 1.54) is 6.07 Å². The molecule has 0 radical (unpaired) electrons. The number of hydrogen-bond donors (Lipinski definition) is 2. The van der Waals surface area contributed by atoms with Gasteiger partial charge in [0.2, 0.25) is 0 Å². The quantitative estimate of drug-likeness (QED) is 0.473. The average molecular weight is 403 g/mol. The minimum atomic E-state index is -0.368. The van der Waals surface area contributed by atoms with Gasteiger partial charge in [0, 0.05) is 25.7 Å². The fourth-order valence-electron chi connectivity index (χ4n) is 2.57. The van der Waals surface area contributed by atoms with Crippen molar-refractivity contribution in [1.29, 1.82) is 0 Å². The van der Waals surface area contributed by atoms with Crippen LogP contribution < -0.4 is 20.1 Å². The van der Waals surface area contributed by atoms with Gasteiger partial charge in [-0.25, -0.2) is 4.39 Å². The van der Waals surface area contributed by atoms with Gasteiger partial charge in [-0.05, 0) is 39.2 Å². The highest BCUT2D eigenvalue weighted by Gasteiger charge is 2.10. The van der Waals surface area contributed by atoms with Gasteiger partial charge < -0.3 is 25.0 Å². The molecule has 0 aliphatic carbocycles. The first kappa shape index (κ1) is 22.5. The number of aliphatic imine (C=N–C) groups is 1. The van der Waals surface area contributed by atoms with Gasteiger partial charge in [0.1, 0.15) is 18.5 Å². The van der Waals surface area contributed by atoms with Gasteiger partial charge in [-0.2, -0.15) is 0 Å². The van der Waals surface area contributed by atoms with Gasteiger partial charge in [0.05, 0.1) is 6.54 Å². The number of benzene rings is 2. The Hall–Kier alpha value is -2.80. The summed E-state index contributed by atoms with van der Waals surface area (Å²) in [6.07, 6.45) is -0.230. The molecule has 0 aliphatic heterocycles. The Bertz CT molecular complexity index is 783. The fraction of sp³-hybridized carbons (Fsp3) is 0.409. The van der Waals surface area contributed by atoms with E-state index in [1.807, 2.05) is 45.3 Å². The molecule has 0 bridgehead atoms. The summed E-state index contributed by atoms with van der Waals surface area (Å²) in [5.74, 6) is 1.37. The average Bonchev–Trinajstić information content (AvgIpc) is 2.70. The Morgan fingerprint density at radius 3 is 2.45 bits per heavy atom. The van der Waals surface area contributed by atoms with Gasteiger partial charge in [0.15, 0.2) is 17.5 Å². The smallest absolute Gasteiger partial charge is 0.191 e. The van der Waals surface area contributed by atoms with E-state index in [0.29, 0.717) is 25.7 Å². The van der Waals surface area contributed by atoms with Crippen molar-refractivity contribution in [3.05, 3.63) is 59.9 Å². The molecule has 2 N–H and O–H groups in total. The maximum Gasteiger partial charge on any atom is 0.191 e. The molecular weight excluding hydrogens is 371 g/mol. The second-order valence-electron chi connectivity index (χ2n) is 6.93. The summed E-state index contributed by atoms with van der Waals surface area (Å²) < 4.78 is 25.2. The molecule has 2 rings (SSSR count). The van der Waals surface area contributed by atoms with Crippen molar-refractivity contribution in [2.45, 2.75) is 19.6 Å². The van der Waals surface area contributed by atoms with Crippen LogP contribution >= 0.6 is 0 Å². The van der Waals surface area contributed by atoms with Crippen molar-refractivity contribution in [3.8, 4) is 11.5 Å². The summed E-state index contributed by atoms with van der Waals surface area (Å²) in [5.41, 5.74) is 1.05. The minimum absolute atomic E-state index is 0.230. The summed E-state index contributed by atoms with van der Waals surface area (Å²) >= 11 is 0. The van der Waals surface area contributed by atoms with Gasteiger partial charge in [-0.15, -0.1) is 0 Å². The topological polar surface area (TPSA) is 58.1 Å². The molecule has 0 saturated carbocycles. The first-order valence-electron chi connectivity index (χ1n) is 9.70. The number of guanidine groups is 1. The third kappa shape index (κ3) is 7.99. The van der Waals surface area contributed by atoms with Crippen LogP contribution in [-0.4, -0.2) is 57.8 Å². The molecule has 2 aromatic rings. The van der Waals surface area contributed by atoms with Gasteiger partial charge in [-0.1, -0.05) is 30.3 Å². The molecule has 6 nitrogen and oxygen atoms in total.